The van der Waals surface area contributed by atoms with Crippen molar-refractivity contribution in [2.75, 3.05) is 0 Å². The minimum atomic E-state index is 0.211. The lowest BCUT2D eigenvalue weighted by Gasteiger charge is -1.99. The van der Waals surface area contributed by atoms with E-state index in [2.05, 4.69) is 18.2 Å². The Morgan fingerprint density at radius 1 is 1.38 bits per heavy atom. The highest BCUT2D eigenvalue weighted by Gasteiger charge is 1.94. The third-order valence-electron chi connectivity index (χ3n) is 1.52. The smallest absolute Gasteiger partial charge is 0.0854 e. The first-order chi connectivity index (χ1) is 6.06. The molecular weight excluding hydrogens is 162 g/mol. The van der Waals surface area contributed by atoms with E-state index in [9.17, 15) is 0 Å². The van der Waals surface area contributed by atoms with E-state index in [-0.39, 0.29) is 5.76 Å². The first kappa shape index (κ1) is 11.7. The van der Waals surface area contributed by atoms with Crippen molar-refractivity contribution < 1.29 is 5.11 Å². The highest BCUT2D eigenvalue weighted by molar-refractivity contribution is 5.79. The van der Waals surface area contributed by atoms with Crippen molar-refractivity contribution in [2.24, 2.45) is 4.99 Å². The maximum atomic E-state index is 8.89. The van der Waals surface area contributed by atoms with Crippen LogP contribution in [-0.4, -0.2) is 11.3 Å². The van der Waals surface area contributed by atoms with E-state index in [0.29, 0.717) is 6.42 Å². The summed E-state index contributed by atoms with van der Waals surface area (Å²) in [6.45, 7) is 10.9. The second kappa shape index (κ2) is 6.23. The molecule has 0 unspecified atom stereocenters. The number of hydrogen-bond acceptors (Lipinski definition) is 2. The van der Waals surface area contributed by atoms with Gasteiger partial charge in [-0.3, -0.25) is 4.99 Å². The van der Waals surface area contributed by atoms with Gasteiger partial charge in [-0.15, -0.1) is 0 Å². The van der Waals surface area contributed by atoms with Gasteiger partial charge in [0.1, 0.15) is 0 Å². The van der Waals surface area contributed by atoms with Crippen molar-refractivity contribution in [2.45, 2.75) is 26.7 Å². The minimum Gasteiger partial charge on any atom is -0.513 e. The zero-order valence-electron chi connectivity index (χ0n) is 8.38. The molecule has 0 rings (SSSR count). The summed E-state index contributed by atoms with van der Waals surface area (Å²) in [4.78, 5) is 4.07. The maximum absolute atomic E-state index is 8.89. The molecule has 13 heavy (non-hydrogen) atoms. The van der Waals surface area contributed by atoms with Crippen LogP contribution in [-0.2, 0) is 0 Å². The molecule has 0 aromatic heterocycles. The lowest BCUT2D eigenvalue weighted by molar-refractivity contribution is 0.392. The molecule has 0 saturated carbocycles. The fourth-order valence-electron chi connectivity index (χ4n) is 0.765. The molecule has 0 bridgehead atoms. The van der Waals surface area contributed by atoms with Crippen molar-refractivity contribution in [1.82, 2.24) is 0 Å². The zero-order chi connectivity index (χ0) is 10.3. The van der Waals surface area contributed by atoms with Crippen LogP contribution in [0, 0.1) is 0 Å². The van der Waals surface area contributed by atoms with Crippen LogP contribution in [0.1, 0.15) is 26.7 Å². The van der Waals surface area contributed by atoms with Crippen LogP contribution < -0.4 is 0 Å². The maximum Gasteiger partial charge on any atom is 0.0854 e. The van der Waals surface area contributed by atoms with Gasteiger partial charge in [0.2, 0.25) is 0 Å². The quantitative estimate of drug-likeness (QED) is 0.509. The highest BCUT2D eigenvalue weighted by atomic mass is 16.3. The monoisotopic (exact) mass is 179 g/mol. The Balaban J connectivity index is 4.06. The van der Waals surface area contributed by atoms with Crippen molar-refractivity contribution >= 4 is 6.21 Å². The minimum absolute atomic E-state index is 0.211. The van der Waals surface area contributed by atoms with Gasteiger partial charge in [-0.25, -0.2) is 0 Å². The van der Waals surface area contributed by atoms with Crippen LogP contribution in [0.3, 0.4) is 0 Å². The summed E-state index contributed by atoms with van der Waals surface area (Å²) in [6, 6.07) is 0. The Kier molecular flexibility index (Phi) is 5.60. The molecule has 0 amide bonds. The third-order valence-corrected chi connectivity index (χ3v) is 1.52. The van der Waals surface area contributed by atoms with Crippen LogP contribution in [0.15, 0.2) is 41.3 Å². The van der Waals surface area contributed by atoms with Crippen molar-refractivity contribution in [3.8, 4) is 0 Å². The Labute approximate surface area is 80.0 Å². The molecule has 0 aliphatic heterocycles. The Bertz CT molecular complexity index is 249. The number of aliphatic hydroxyl groups is 1. The van der Waals surface area contributed by atoms with Crippen molar-refractivity contribution in [3.63, 3.8) is 0 Å². The molecule has 0 aromatic rings. The molecule has 0 radical (unpaired) electrons. The second-order valence-corrected chi connectivity index (χ2v) is 2.92. The molecule has 0 atom stereocenters. The summed E-state index contributed by atoms with van der Waals surface area (Å²) in [5.41, 5.74) is 1.86. The van der Waals surface area contributed by atoms with Gasteiger partial charge < -0.3 is 5.11 Å². The van der Waals surface area contributed by atoms with E-state index in [4.69, 9.17) is 5.11 Å². The first-order valence-corrected chi connectivity index (χ1v) is 4.27. The van der Waals surface area contributed by atoms with Gasteiger partial charge in [-0.05, 0) is 25.8 Å². The molecular formula is C11H17NO. The normalized spacial score (nSPS) is 12.0. The molecule has 72 valence electrons. The van der Waals surface area contributed by atoms with E-state index in [1.165, 1.54) is 0 Å². The van der Waals surface area contributed by atoms with Gasteiger partial charge in [0.15, 0.2) is 0 Å². The summed E-state index contributed by atoms with van der Waals surface area (Å²) < 4.78 is 0. The molecule has 2 nitrogen and oxygen atoms in total. The second-order valence-electron chi connectivity index (χ2n) is 2.92. The molecule has 0 fully saturated rings. The van der Waals surface area contributed by atoms with Gasteiger partial charge in [-0.1, -0.05) is 19.2 Å². The van der Waals surface area contributed by atoms with E-state index in [0.717, 1.165) is 17.7 Å². The molecule has 0 aliphatic rings. The summed E-state index contributed by atoms with van der Waals surface area (Å²) in [5, 5.41) is 8.89. The molecule has 0 aliphatic carbocycles. The Morgan fingerprint density at radius 3 is 2.38 bits per heavy atom. The van der Waals surface area contributed by atoms with E-state index in [1.54, 1.807) is 6.21 Å². The number of rotatable bonds is 5. The average molecular weight is 179 g/mol. The first-order valence-electron chi connectivity index (χ1n) is 4.27. The van der Waals surface area contributed by atoms with Gasteiger partial charge in [-0.2, -0.15) is 0 Å². The zero-order valence-corrected chi connectivity index (χ0v) is 8.38. The largest absolute Gasteiger partial charge is 0.513 e. The van der Waals surface area contributed by atoms with Crippen LogP contribution in [0.5, 0.6) is 0 Å². The van der Waals surface area contributed by atoms with E-state index < -0.39 is 0 Å². The van der Waals surface area contributed by atoms with Gasteiger partial charge in [0, 0.05) is 18.3 Å². The molecule has 1 N–H and O–H groups in total. The number of nitrogens with zero attached hydrogens (tertiary/aromatic N) is 1. The summed E-state index contributed by atoms with van der Waals surface area (Å²) in [7, 11) is 0. The van der Waals surface area contributed by atoms with Crippen LogP contribution in [0.25, 0.3) is 0 Å². The SMILES string of the molecule is C=C(O)CCC(/C=N\C(=C)C)=C/C. The molecule has 0 saturated heterocycles. The van der Waals surface area contributed by atoms with Crippen molar-refractivity contribution in [1.29, 1.82) is 0 Å². The molecule has 0 spiro atoms. The Hall–Kier alpha value is -1.31. The number of aliphatic imine (C=N–C) groups is 1. The predicted molar refractivity (Wildman–Crippen MR) is 58.1 cm³/mol. The fourth-order valence-corrected chi connectivity index (χ4v) is 0.765. The van der Waals surface area contributed by atoms with Gasteiger partial charge in [0.25, 0.3) is 0 Å². The van der Waals surface area contributed by atoms with Crippen LogP contribution in [0.2, 0.25) is 0 Å². The van der Waals surface area contributed by atoms with E-state index in [1.807, 2.05) is 19.9 Å². The lowest BCUT2D eigenvalue weighted by Crippen LogP contribution is -1.87. The van der Waals surface area contributed by atoms with Crippen LogP contribution >= 0.6 is 0 Å². The number of allylic oxidation sites excluding steroid dienone is 4. The fraction of sp³-hybridized carbons (Fsp3) is 0.364. The number of hydrogen-bond donors (Lipinski definition) is 1. The average Bonchev–Trinajstić information content (AvgIpc) is 2.04. The summed E-state index contributed by atoms with van der Waals surface area (Å²) in [6.07, 6.45) is 5.09. The standard InChI is InChI=1S/C11H17NO/c1-5-11(7-6-10(4)13)8-12-9(2)3/h5,8,13H,2,4,6-7H2,1,3H3/b11-5-,12-8-. The summed E-state index contributed by atoms with van der Waals surface area (Å²) >= 11 is 0. The molecule has 0 heterocycles. The van der Waals surface area contributed by atoms with Gasteiger partial charge >= 0.3 is 0 Å². The third kappa shape index (κ3) is 7.06. The van der Waals surface area contributed by atoms with Crippen LogP contribution in [0.4, 0.5) is 0 Å². The predicted octanol–water partition coefficient (Wildman–Crippen LogP) is 3.39. The lowest BCUT2D eigenvalue weighted by atomic mass is 10.1. The molecule has 2 heteroatoms. The molecule has 0 aromatic carbocycles. The van der Waals surface area contributed by atoms with Gasteiger partial charge in [0.05, 0.1) is 5.76 Å². The van der Waals surface area contributed by atoms with Crippen molar-refractivity contribution in [3.05, 3.63) is 36.3 Å². The topological polar surface area (TPSA) is 32.6 Å². The van der Waals surface area contributed by atoms with E-state index >= 15 is 0 Å². The summed E-state index contributed by atoms with van der Waals surface area (Å²) in [5.74, 6) is 0.211. The number of aliphatic hydroxyl groups excluding tert-OH is 1. The Morgan fingerprint density at radius 2 is 2.00 bits per heavy atom. The highest BCUT2D eigenvalue weighted by Crippen LogP contribution is 2.07.